The summed E-state index contributed by atoms with van der Waals surface area (Å²) in [5, 5.41) is 9.51. The van der Waals surface area contributed by atoms with Gasteiger partial charge >= 0.3 is 5.97 Å². The van der Waals surface area contributed by atoms with Crippen LogP contribution in [0.1, 0.15) is 37.8 Å². The molecule has 152 valence electrons. The summed E-state index contributed by atoms with van der Waals surface area (Å²) in [6.07, 6.45) is 1.72. The van der Waals surface area contributed by atoms with E-state index >= 15 is 0 Å². The zero-order chi connectivity index (χ0) is 21.3. The Morgan fingerprint density at radius 3 is 2.60 bits per heavy atom. The number of aryl methyl sites for hydroxylation is 2. The molecule has 4 rings (SSSR count). The summed E-state index contributed by atoms with van der Waals surface area (Å²) < 4.78 is 7.14. The average Bonchev–Trinajstić information content (AvgIpc) is 3.47. The predicted molar refractivity (Wildman–Crippen MR) is 114 cm³/mol. The average molecular weight is 420 g/mol. The number of aromatic nitrogens is 4. The number of carbonyl (C=O) groups is 2. The van der Waals surface area contributed by atoms with E-state index in [2.05, 4.69) is 15.2 Å². The van der Waals surface area contributed by atoms with E-state index < -0.39 is 5.97 Å². The van der Waals surface area contributed by atoms with Crippen LogP contribution in [-0.4, -0.2) is 38.1 Å². The maximum absolute atomic E-state index is 12.7. The molecule has 0 fully saturated rings. The van der Waals surface area contributed by atoms with Crippen LogP contribution >= 0.6 is 11.3 Å². The largest absolute Gasteiger partial charge is 0.453 e. The van der Waals surface area contributed by atoms with E-state index in [1.54, 1.807) is 18.3 Å². The Morgan fingerprint density at radius 2 is 1.90 bits per heavy atom. The number of nitrogens with zero attached hydrogens (tertiary/aromatic N) is 3. The lowest BCUT2D eigenvalue weighted by molar-refractivity contribution is 0.0468. The number of aromatic amines is 1. The monoisotopic (exact) mass is 420 g/mol. The topological polar surface area (TPSA) is 89.9 Å². The highest BCUT2D eigenvalue weighted by Gasteiger charge is 2.20. The lowest BCUT2D eigenvalue weighted by atomic mass is 10.1. The van der Waals surface area contributed by atoms with E-state index in [9.17, 15) is 9.59 Å². The van der Waals surface area contributed by atoms with Crippen LogP contribution in [0.4, 0.5) is 0 Å². The van der Waals surface area contributed by atoms with Gasteiger partial charge in [0.25, 0.3) is 0 Å². The number of rotatable bonds is 6. The number of esters is 1. The summed E-state index contributed by atoms with van der Waals surface area (Å²) >= 11 is 1.49. The van der Waals surface area contributed by atoms with Crippen LogP contribution in [0.25, 0.3) is 16.4 Å². The highest BCUT2D eigenvalue weighted by atomic mass is 32.1. The van der Waals surface area contributed by atoms with Crippen molar-refractivity contribution in [1.82, 2.24) is 19.7 Å². The van der Waals surface area contributed by atoms with Crippen LogP contribution in [-0.2, 0) is 4.74 Å². The van der Waals surface area contributed by atoms with Crippen LogP contribution in [0.2, 0.25) is 0 Å². The number of Topliss-reactive ketones (excluding diaryl/α,β-unsaturated/α-hetero) is 1. The molecule has 0 unspecified atom stereocenters. The van der Waals surface area contributed by atoms with Gasteiger partial charge in [-0.25, -0.2) is 9.78 Å². The number of hydrogen-bond acceptors (Lipinski definition) is 6. The predicted octanol–water partition coefficient (Wildman–Crippen LogP) is 4.29. The molecule has 0 aliphatic rings. The second-order valence-corrected chi connectivity index (χ2v) is 7.84. The molecule has 0 aliphatic carbocycles. The Morgan fingerprint density at radius 1 is 1.13 bits per heavy atom. The van der Waals surface area contributed by atoms with E-state index in [0.29, 0.717) is 11.3 Å². The van der Waals surface area contributed by atoms with Gasteiger partial charge in [0.05, 0.1) is 5.69 Å². The van der Waals surface area contributed by atoms with Crippen LogP contribution in [0.15, 0.2) is 48.0 Å². The minimum atomic E-state index is -0.622. The molecule has 1 N–H and O–H groups in total. The fourth-order valence-corrected chi connectivity index (χ4v) is 4.00. The zero-order valence-electron chi connectivity index (χ0n) is 16.8. The molecule has 30 heavy (non-hydrogen) atoms. The summed E-state index contributed by atoms with van der Waals surface area (Å²) in [5.74, 6) is -0.888. The van der Waals surface area contributed by atoms with Gasteiger partial charge in [0.2, 0.25) is 5.78 Å². The third-order valence-corrected chi connectivity index (χ3v) is 5.58. The molecule has 0 bridgehead atoms. The van der Waals surface area contributed by atoms with Crippen molar-refractivity contribution >= 4 is 23.1 Å². The molecule has 0 saturated carbocycles. The Balaban J connectivity index is 1.44. The highest BCUT2D eigenvalue weighted by Crippen LogP contribution is 2.23. The summed E-state index contributed by atoms with van der Waals surface area (Å²) in [4.78, 5) is 29.3. The summed E-state index contributed by atoms with van der Waals surface area (Å²) in [7, 11) is 0. The SMILES string of the molecule is Cc1ccc(-c2cc(C(=O)OCC(=O)c3cc(C)n(-c4nccs4)c3C)[nH]n2)cc1. The van der Waals surface area contributed by atoms with Gasteiger partial charge in [0.15, 0.2) is 11.7 Å². The van der Waals surface area contributed by atoms with Crippen LogP contribution in [0.5, 0.6) is 0 Å². The molecule has 3 heterocycles. The molecule has 0 radical (unpaired) electrons. The normalized spacial score (nSPS) is 10.9. The van der Waals surface area contributed by atoms with E-state index in [0.717, 1.165) is 27.6 Å². The van der Waals surface area contributed by atoms with Crippen molar-refractivity contribution in [3.8, 4) is 16.4 Å². The second kappa shape index (κ2) is 8.08. The number of H-pyrrole nitrogens is 1. The molecule has 0 amide bonds. The van der Waals surface area contributed by atoms with Crippen LogP contribution in [0, 0.1) is 20.8 Å². The lowest BCUT2D eigenvalue weighted by Gasteiger charge is -2.06. The molecule has 0 aliphatic heterocycles. The van der Waals surface area contributed by atoms with Gasteiger partial charge < -0.3 is 4.74 Å². The van der Waals surface area contributed by atoms with Crippen molar-refractivity contribution < 1.29 is 14.3 Å². The fraction of sp³-hybridized carbons (Fsp3) is 0.182. The van der Waals surface area contributed by atoms with Gasteiger partial charge in [-0.3, -0.25) is 14.5 Å². The number of carbonyl (C=O) groups excluding carboxylic acids is 2. The molecule has 0 spiro atoms. The Labute approximate surface area is 177 Å². The summed E-state index contributed by atoms with van der Waals surface area (Å²) in [5.41, 5.74) is 5.05. The second-order valence-electron chi connectivity index (χ2n) is 6.97. The number of ketones is 1. The minimum absolute atomic E-state index is 0.201. The molecular formula is C22H20N4O3S. The number of hydrogen-bond donors (Lipinski definition) is 1. The first-order valence-electron chi connectivity index (χ1n) is 9.35. The molecule has 3 aromatic heterocycles. The van der Waals surface area contributed by atoms with E-state index in [4.69, 9.17) is 4.74 Å². The van der Waals surface area contributed by atoms with Gasteiger partial charge in [0, 0.05) is 34.1 Å². The van der Waals surface area contributed by atoms with Crippen LogP contribution < -0.4 is 0 Å². The van der Waals surface area contributed by atoms with Gasteiger partial charge in [-0.15, -0.1) is 11.3 Å². The number of thiazole rings is 1. The Kier molecular flexibility index (Phi) is 5.33. The van der Waals surface area contributed by atoms with E-state index in [1.165, 1.54) is 11.3 Å². The van der Waals surface area contributed by atoms with E-state index in [1.807, 2.05) is 55.0 Å². The van der Waals surface area contributed by atoms with Gasteiger partial charge in [0.1, 0.15) is 5.69 Å². The molecule has 1 aromatic carbocycles. The number of benzene rings is 1. The summed E-state index contributed by atoms with van der Waals surface area (Å²) in [6, 6.07) is 11.2. The van der Waals surface area contributed by atoms with Gasteiger partial charge in [-0.2, -0.15) is 5.10 Å². The minimum Gasteiger partial charge on any atom is -0.453 e. The van der Waals surface area contributed by atoms with Gasteiger partial charge in [-0.1, -0.05) is 29.8 Å². The highest BCUT2D eigenvalue weighted by molar-refractivity contribution is 7.12. The van der Waals surface area contributed by atoms with E-state index in [-0.39, 0.29) is 18.1 Å². The quantitative estimate of drug-likeness (QED) is 0.371. The van der Waals surface area contributed by atoms with Crippen molar-refractivity contribution in [2.45, 2.75) is 20.8 Å². The first-order chi connectivity index (χ1) is 14.4. The zero-order valence-corrected chi connectivity index (χ0v) is 17.6. The van der Waals surface area contributed by atoms with Crippen molar-refractivity contribution in [3.63, 3.8) is 0 Å². The fourth-order valence-electron chi connectivity index (χ4n) is 3.25. The molecule has 0 saturated heterocycles. The van der Waals surface area contributed by atoms with Crippen molar-refractivity contribution in [1.29, 1.82) is 0 Å². The van der Waals surface area contributed by atoms with Crippen molar-refractivity contribution in [3.05, 3.63) is 76.2 Å². The number of ether oxygens (including phenoxy) is 1. The van der Waals surface area contributed by atoms with Crippen LogP contribution in [0.3, 0.4) is 0 Å². The van der Waals surface area contributed by atoms with Gasteiger partial charge in [-0.05, 0) is 32.9 Å². The maximum atomic E-state index is 12.7. The Hall–Kier alpha value is -3.52. The van der Waals surface area contributed by atoms with Crippen molar-refractivity contribution in [2.24, 2.45) is 0 Å². The third kappa shape index (κ3) is 3.81. The smallest absolute Gasteiger partial charge is 0.356 e. The number of nitrogens with one attached hydrogen (secondary N) is 1. The standard InChI is InChI=1S/C22H20N4O3S/c1-13-4-6-16(7-5-13)18-11-19(25-24-18)21(28)29-12-20(27)17-10-14(2)26(15(17)3)22-23-8-9-30-22/h4-11H,12H2,1-3H3,(H,24,25). The molecule has 0 atom stereocenters. The molecular weight excluding hydrogens is 400 g/mol. The Bertz CT molecular complexity index is 1200. The third-order valence-electron chi connectivity index (χ3n) is 4.82. The maximum Gasteiger partial charge on any atom is 0.356 e. The first-order valence-corrected chi connectivity index (χ1v) is 10.2. The molecule has 7 nitrogen and oxygen atoms in total. The van der Waals surface area contributed by atoms with Crippen molar-refractivity contribution in [2.75, 3.05) is 6.61 Å². The molecule has 8 heteroatoms. The summed E-state index contributed by atoms with van der Waals surface area (Å²) in [6.45, 7) is 5.42. The molecule has 4 aromatic rings. The first kappa shape index (κ1) is 19.8. The lowest BCUT2D eigenvalue weighted by Crippen LogP contribution is -2.15.